The molecule has 0 heterocycles. The Balaban J connectivity index is 2.53. The van der Waals surface area contributed by atoms with Gasteiger partial charge in [-0.1, -0.05) is 0 Å². The average Bonchev–Trinajstić information content (AvgIpc) is 1.81. The molecule has 0 aromatic rings. The van der Waals surface area contributed by atoms with Gasteiger partial charge in [-0.2, -0.15) is 0 Å². The van der Waals surface area contributed by atoms with Crippen molar-refractivity contribution in [2.45, 2.75) is 0 Å². The van der Waals surface area contributed by atoms with Crippen LogP contribution < -0.4 is 0 Å². The van der Waals surface area contributed by atoms with Gasteiger partial charge in [0, 0.05) is 39.3 Å². The van der Waals surface area contributed by atoms with Crippen molar-refractivity contribution in [3.63, 3.8) is 0 Å². The van der Waals surface area contributed by atoms with Crippen LogP contribution in [0.5, 0.6) is 0 Å². The third-order valence-corrected chi connectivity index (χ3v) is 8.39. The van der Waals surface area contributed by atoms with Gasteiger partial charge in [-0.25, -0.2) is 0 Å². The highest BCUT2D eigenvalue weighted by molar-refractivity contribution is 9.41. The zero-order chi connectivity index (χ0) is 6.24. The highest BCUT2D eigenvalue weighted by atomic mass is 33.9. The normalized spacial score (nSPS) is 9.75. The molecule has 8 heteroatoms. The topological polar surface area (TPSA) is 40.5 Å². The Morgan fingerprint density at radius 3 is 1.25 bits per heavy atom. The molecule has 2 N–H and O–H groups in total. The summed E-state index contributed by atoms with van der Waals surface area (Å²) in [6, 6.07) is 0. The van der Waals surface area contributed by atoms with Crippen LogP contribution in [0.1, 0.15) is 0 Å². The van der Waals surface area contributed by atoms with Crippen LogP contribution in [0.15, 0.2) is 0 Å². The minimum atomic E-state index is 0.707. The Labute approximate surface area is 70.1 Å². The zero-order valence-electron chi connectivity index (χ0n) is 3.34. The molecular formula is H2O2S6. The lowest BCUT2D eigenvalue weighted by atomic mass is 15.9. The van der Waals surface area contributed by atoms with E-state index in [0.29, 0.717) is 22.1 Å². The van der Waals surface area contributed by atoms with Gasteiger partial charge in [-0.15, -0.1) is 0 Å². The molecule has 0 rings (SSSR count). The van der Waals surface area contributed by atoms with Crippen LogP contribution in [0.25, 0.3) is 0 Å². The first kappa shape index (κ1) is 10.0. The Kier molecular flexibility index (Phi) is 11.3. The van der Waals surface area contributed by atoms with Crippen molar-refractivity contribution in [2.24, 2.45) is 0 Å². The van der Waals surface area contributed by atoms with Crippen LogP contribution in [0.3, 0.4) is 0 Å². The van der Waals surface area contributed by atoms with Crippen LogP contribution in [-0.2, 0) is 0 Å². The lowest BCUT2D eigenvalue weighted by Crippen LogP contribution is -1.34. The molecule has 0 amide bonds. The molecule has 0 saturated carbocycles. The van der Waals surface area contributed by atoms with Crippen LogP contribution in [0, 0.1) is 0 Å². The number of hydrogen-bond acceptors (Lipinski definition) is 8. The number of hydrogen-bond donors (Lipinski definition) is 2. The van der Waals surface area contributed by atoms with Gasteiger partial charge < -0.3 is 9.11 Å². The maximum Gasteiger partial charge on any atom is 0.0720 e. The van der Waals surface area contributed by atoms with E-state index in [1.54, 1.807) is 0 Å². The SMILES string of the molecule is OSSSSSSO. The summed E-state index contributed by atoms with van der Waals surface area (Å²) in [5.41, 5.74) is 0. The fraction of sp³-hybridized carbons (Fsp3) is 0. The molecule has 0 saturated heterocycles. The summed E-state index contributed by atoms with van der Waals surface area (Å²) in [7, 11) is 5.32. The molecule has 0 bridgehead atoms. The minimum absolute atomic E-state index is 0.707. The fourth-order valence-corrected chi connectivity index (χ4v) is 7.52. The summed E-state index contributed by atoms with van der Waals surface area (Å²) in [6.45, 7) is 0. The quantitative estimate of drug-likeness (QED) is 0.415. The van der Waals surface area contributed by atoms with Crippen molar-refractivity contribution in [3.05, 3.63) is 0 Å². The summed E-state index contributed by atoms with van der Waals surface area (Å²) < 4.78 is 16.3. The van der Waals surface area contributed by atoms with Crippen LogP contribution in [0.4, 0.5) is 0 Å². The largest absolute Gasteiger partial charge is 0.320 e. The first-order valence-electron chi connectivity index (χ1n) is 1.20. The van der Waals surface area contributed by atoms with Crippen LogP contribution >= 0.6 is 61.5 Å². The molecule has 0 aromatic heterocycles. The third kappa shape index (κ3) is 8.02. The number of rotatable bonds is 5. The van der Waals surface area contributed by atoms with Gasteiger partial charge in [0.05, 0.1) is 22.1 Å². The molecule has 0 unspecified atom stereocenters. The summed E-state index contributed by atoms with van der Waals surface area (Å²) in [5, 5.41) is 0. The molecule has 2 nitrogen and oxygen atoms in total. The fourth-order valence-electron chi connectivity index (χ4n) is 0.0475. The van der Waals surface area contributed by atoms with Gasteiger partial charge in [-0.3, -0.25) is 0 Å². The van der Waals surface area contributed by atoms with E-state index in [0.717, 1.165) is 0 Å². The summed E-state index contributed by atoms with van der Waals surface area (Å²) in [5.74, 6) is 0. The summed E-state index contributed by atoms with van der Waals surface area (Å²) in [4.78, 5) is 0. The van der Waals surface area contributed by atoms with Gasteiger partial charge in [0.15, 0.2) is 0 Å². The molecule has 0 aliphatic carbocycles. The van der Waals surface area contributed by atoms with Gasteiger partial charge in [0.25, 0.3) is 0 Å². The van der Waals surface area contributed by atoms with Crippen molar-refractivity contribution < 1.29 is 9.11 Å². The van der Waals surface area contributed by atoms with Gasteiger partial charge in [0.1, 0.15) is 0 Å². The predicted molar refractivity (Wildman–Crippen MR) is 50.8 cm³/mol. The second-order valence-electron chi connectivity index (χ2n) is 0.421. The van der Waals surface area contributed by atoms with Gasteiger partial charge in [-0.05, 0) is 0 Å². The van der Waals surface area contributed by atoms with Crippen molar-refractivity contribution in [1.29, 1.82) is 0 Å². The third-order valence-electron chi connectivity index (χ3n) is 0.144. The molecule has 8 heavy (non-hydrogen) atoms. The maximum atomic E-state index is 8.13. The molecule has 0 fully saturated rings. The standard InChI is InChI=1S/H2O2S6/c1-3-5-7-8-6-4-2/h1-2H. The molecule has 0 atom stereocenters. The van der Waals surface area contributed by atoms with Crippen molar-refractivity contribution in [3.8, 4) is 0 Å². The predicted octanol–water partition coefficient (Wildman–Crippen LogP) is 3.91. The molecule has 0 radical (unpaired) electrons. The highest BCUT2D eigenvalue weighted by Crippen LogP contribution is 2.50. The van der Waals surface area contributed by atoms with E-state index >= 15 is 0 Å². The molecule has 50 valence electrons. The Morgan fingerprint density at radius 1 is 0.625 bits per heavy atom. The lowest BCUT2D eigenvalue weighted by molar-refractivity contribution is 0.675. The smallest absolute Gasteiger partial charge is 0.0720 e. The van der Waals surface area contributed by atoms with E-state index in [2.05, 4.69) is 0 Å². The lowest BCUT2D eigenvalue weighted by Gasteiger charge is -1.88. The Morgan fingerprint density at radius 2 is 1.00 bits per heavy atom. The highest BCUT2D eigenvalue weighted by Gasteiger charge is 1.89. The van der Waals surface area contributed by atoms with Crippen LogP contribution in [0.2, 0.25) is 0 Å². The van der Waals surface area contributed by atoms with Gasteiger partial charge in [0.2, 0.25) is 0 Å². The average molecular weight is 226 g/mol. The van der Waals surface area contributed by atoms with E-state index in [9.17, 15) is 0 Å². The van der Waals surface area contributed by atoms with Crippen molar-refractivity contribution in [2.75, 3.05) is 0 Å². The van der Waals surface area contributed by atoms with E-state index in [-0.39, 0.29) is 0 Å². The zero-order valence-corrected chi connectivity index (χ0v) is 8.24. The first-order chi connectivity index (χ1) is 3.91. The molecule has 0 aliphatic rings. The van der Waals surface area contributed by atoms with Gasteiger partial charge >= 0.3 is 0 Å². The molecule has 0 spiro atoms. The second kappa shape index (κ2) is 9.02. The second-order valence-corrected chi connectivity index (χ2v) is 8.69. The minimum Gasteiger partial charge on any atom is -0.320 e. The molecule has 0 aromatic carbocycles. The summed E-state index contributed by atoms with van der Waals surface area (Å²) in [6.07, 6.45) is 0. The monoisotopic (exact) mass is 226 g/mol. The Hall–Kier alpha value is 2.02. The van der Waals surface area contributed by atoms with E-state index < -0.39 is 0 Å². The van der Waals surface area contributed by atoms with Crippen LogP contribution in [-0.4, -0.2) is 9.11 Å². The first-order valence-corrected chi connectivity index (χ1v) is 8.60. The van der Waals surface area contributed by atoms with E-state index in [1.165, 1.54) is 39.3 Å². The molecular weight excluding hydrogens is 224 g/mol. The van der Waals surface area contributed by atoms with Crippen molar-refractivity contribution in [1.82, 2.24) is 0 Å². The van der Waals surface area contributed by atoms with E-state index in [4.69, 9.17) is 9.11 Å². The summed E-state index contributed by atoms with van der Waals surface area (Å²) >= 11 is 1.41. The molecule has 0 aliphatic heterocycles. The maximum absolute atomic E-state index is 8.13. The van der Waals surface area contributed by atoms with Crippen molar-refractivity contribution >= 4 is 61.5 Å². The van der Waals surface area contributed by atoms with E-state index in [1.807, 2.05) is 0 Å². The Bertz CT molecular complexity index is 31.5.